The van der Waals surface area contributed by atoms with Crippen molar-refractivity contribution in [1.29, 1.82) is 0 Å². The summed E-state index contributed by atoms with van der Waals surface area (Å²) in [6.45, 7) is 2.84. The van der Waals surface area contributed by atoms with Crippen LogP contribution in [-0.4, -0.2) is 17.6 Å². The maximum absolute atomic E-state index is 11.6. The number of nitrogens with zero attached hydrogens (tertiary/aromatic N) is 1. The summed E-state index contributed by atoms with van der Waals surface area (Å²) >= 11 is 0. The molecule has 0 fully saturated rings. The highest BCUT2D eigenvalue weighted by Crippen LogP contribution is 2.17. The number of nitrogens with two attached hydrogens (primary N) is 1. The quantitative estimate of drug-likeness (QED) is 0.728. The van der Waals surface area contributed by atoms with Crippen molar-refractivity contribution in [3.63, 3.8) is 0 Å². The van der Waals surface area contributed by atoms with Crippen molar-refractivity contribution in [2.24, 2.45) is 11.7 Å². The van der Waals surface area contributed by atoms with Crippen LogP contribution in [0, 0.1) is 5.92 Å². The molecule has 1 amide bonds. The molecule has 1 rings (SSSR count). The fraction of sp³-hybridized carbons (Fsp3) is 0.667. The lowest BCUT2D eigenvalue weighted by atomic mass is 9.94. The molecule has 1 heterocycles. The van der Waals surface area contributed by atoms with Crippen LogP contribution in [0.5, 0.6) is 0 Å². The number of anilines is 1. The summed E-state index contributed by atoms with van der Waals surface area (Å²) in [6.07, 6.45) is 6.09. The van der Waals surface area contributed by atoms with Gasteiger partial charge in [-0.15, -0.1) is 0 Å². The van der Waals surface area contributed by atoms with Crippen LogP contribution in [-0.2, 0) is 4.79 Å². The molecule has 0 saturated heterocycles. The van der Waals surface area contributed by atoms with Gasteiger partial charge in [-0.3, -0.25) is 4.79 Å². The van der Waals surface area contributed by atoms with E-state index in [-0.39, 0.29) is 5.91 Å². The topological polar surface area (TPSA) is 81.2 Å². The third kappa shape index (κ3) is 5.49. The van der Waals surface area contributed by atoms with Crippen molar-refractivity contribution >= 4 is 11.7 Å². The van der Waals surface area contributed by atoms with E-state index in [1.165, 1.54) is 6.26 Å². The Bertz CT molecular complexity index is 306. The Labute approximate surface area is 102 Å². The number of carbonyl (C=O) groups excluding carboxylic acids is 1. The lowest BCUT2D eigenvalue weighted by molar-refractivity contribution is -0.116. The van der Waals surface area contributed by atoms with Crippen molar-refractivity contribution in [2.75, 3.05) is 11.9 Å². The molecule has 1 aromatic rings. The molecule has 0 aromatic carbocycles. The average Bonchev–Trinajstić information content (AvgIpc) is 2.79. The molecule has 0 radical (unpaired) electrons. The van der Waals surface area contributed by atoms with Gasteiger partial charge in [0.2, 0.25) is 5.91 Å². The Morgan fingerprint density at radius 3 is 2.94 bits per heavy atom. The summed E-state index contributed by atoms with van der Waals surface area (Å²) in [4.78, 5) is 11.6. The standard InChI is InChI=1S/C12H21N3O2/c1-2-3-10(6-8-13)4-5-12(16)14-11-7-9-17-15-11/h7,9-10H,2-6,8,13H2,1H3,(H,14,15,16). The molecule has 0 bridgehead atoms. The second-order valence-electron chi connectivity index (χ2n) is 4.20. The monoisotopic (exact) mass is 239 g/mol. The van der Waals surface area contributed by atoms with E-state index in [2.05, 4.69) is 21.9 Å². The van der Waals surface area contributed by atoms with Crippen LogP contribution in [0.1, 0.15) is 39.0 Å². The molecule has 17 heavy (non-hydrogen) atoms. The zero-order chi connectivity index (χ0) is 12.5. The number of rotatable bonds is 8. The Morgan fingerprint density at radius 1 is 1.53 bits per heavy atom. The third-order valence-corrected chi connectivity index (χ3v) is 2.76. The van der Waals surface area contributed by atoms with E-state index < -0.39 is 0 Å². The normalized spacial score (nSPS) is 12.4. The van der Waals surface area contributed by atoms with Gasteiger partial charge in [-0.1, -0.05) is 24.9 Å². The lowest BCUT2D eigenvalue weighted by Gasteiger charge is -2.14. The van der Waals surface area contributed by atoms with Crippen LogP contribution < -0.4 is 11.1 Å². The Balaban J connectivity index is 2.25. The molecular weight excluding hydrogens is 218 g/mol. The Morgan fingerprint density at radius 2 is 2.35 bits per heavy atom. The van der Waals surface area contributed by atoms with Crippen LogP contribution in [0.2, 0.25) is 0 Å². The van der Waals surface area contributed by atoms with Crippen LogP contribution in [0.3, 0.4) is 0 Å². The lowest BCUT2D eigenvalue weighted by Crippen LogP contribution is -2.15. The van der Waals surface area contributed by atoms with Gasteiger partial charge in [0.1, 0.15) is 6.26 Å². The maximum atomic E-state index is 11.6. The molecule has 5 nitrogen and oxygen atoms in total. The number of carbonyl (C=O) groups is 1. The van der Waals surface area contributed by atoms with Gasteiger partial charge in [0.05, 0.1) is 0 Å². The zero-order valence-corrected chi connectivity index (χ0v) is 10.3. The maximum Gasteiger partial charge on any atom is 0.225 e. The van der Waals surface area contributed by atoms with Crippen molar-refractivity contribution in [1.82, 2.24) is 5.16 Å². The highest BCUT2D eigenvalue weighted by Gasteiger charge is 2.10. The van der Waals surface area contributed by atoms with Gasteiger partial charge in [-0.25, -0.2) is 0 Å². The van der Waals surface area contributed by atoms with E-state index >= 15 is 0 Å². The molecule has 0 aliphatic heterocycles. The minimum atomic E-state index is -0.0166. The molecule has 0 saturated carbocycles. The van der Waals surface area contributed by atoms with Gasteiger partial charge in [0.25, 0.3) is 0 Å². The van der Waals surface area contributed by atoms with E-state index in [0.29, 0.717) is 24.7 Å². The first kappa shape index (κ1) is 13.7. The predicted octanol–water partition coefficient (Wildman–Crippen LogP) is 2.16. The van der Waals surface area contributed by atoms with Crippen LogP contribution in [0.25, 0.3) is 0 Å². The minimum Gasteiger partial charge on any atom is -0.363 e. The summed E-state index contributed by atoms with van der Waals surface area (Å²) in [5, 5.41) is 6.32. The Hall–Kier alpha value is -1.36. The highest BCUT2D eigenvalue weighted by atomic mass is 16.5. The van der Waals surface area contributed by atoms with Gasteiger partial charge in [0, 0.05) is 12.5 Å². The largest absolute Gasteiger partial charge is 0.363 e. The summed E-state index contributed by atoms with van der Waals surface area (Å²) < 4.78 is 4.64. The van der Waals surface area contributed by atoms with E-state index in [4.69, 9.17) is 5.73 Å². The first-order valence-electron chi connectivity index (χ1n) is 6.16. The molecular formula is C12H21N3O2. The molecule has 1 aromatic heterocycles. The minimum absolute atomic E-state index is 0.0166. The van der Waals surface area contributed by atoms with Gasteiger partial charge in [-0.05, 0) is 25.3 Å². The highest BCUT2D eigenvalue weighted by molar-refractivity contribution is 5.89. The first-order valence-corrected chi connectivity index (χ1v) is 6.16. The summed E-state index contributed by atoms with van der Waals surface area (Å²) in [6, 6.07) is 1.63. The molecule has 0 spiro atoms. The molecule has 3 N–H and O–H groups in total. The summed E-state index contributed by atoms with van der Waals surface area (Å²) in [5.41, 5.74) is 5.55. The zero-order valence-electron chi connectivity index (χ0n) is 10.3. The van der Waals surface area contributed by atoms with E-state index in [1.54, 1.807) is 6.07 Å². The van der Waals surface area contributed by atoms with Gasteiger partial charge < -0.3 is 15.6 Å². The van der Waals surface area contributed by atoms with E-state index in [0.717, 1.165) is 25.7 Å². The van der Waals surface area contributed by atoms with Crippen molar-refractivity contribution < 1.29 is 9.32 Å². The van der Waals surface area contributed by atoms with Gasteiger partial charge in [-0.2, -0.15) is 0 Å². The number of nitrogens with one attached hydrogen (secondary N) is 1. The first-order chi connectivity index (χ1) is 8.26. The van der Waals surface area contributed by atoms with E-state index in [1.807, 2.05) is 0 Å². The molecule has 5 heteroatoms. The second-order valence-corrected chi connectivity index (χ2v) is 4.20. The molecule has 1 atom stereocenters. The van der Waals surface area contributed by atoms with Crippen LogP contribution >= 0.6 is 0 Å². The third-order valence-electron chi connectivity index (χ3n) is 2.76. The van der Waals surface area contributed by atoms with Gasteiger partial charge in [0.15, 0.2) is 5.82 Å². The number of hydrogen-bond acceptors (Lipinski definition) is 4. The van der Waals surface area contributed by atoms with Crippen molar-refractivity contribution in [2.45, 2.75) is 39.0 Å². The second kappa shape index (κ2) is 7.84. The van der Waals surface area contributed by atoms with Crippen molar-refractivity contribution in [3.8, 4) is 0 Å². The summed E-state index contributed by atoms with van der Waals surface area (Å²) in [7, 11) is 0. The van der Waals surface area contributed by atoms with Crippen LogP contribution in [0.4, 0.5) is 5.82 Å². The fourth-order valence-electron chi connectivity index (χ4n) is 1.89. The predicted molar refractivity (Wildman–Crippen MR) is 66.4 cm³/mol. The molecule has 1 unspecified atom stereocenters. The SMILES string of the molecule is CCCC(CCN)CCC(=O)Nc1ccon1. The summed E-state index contributed by atoms with van der Waals surface area (Å²) in [5.74, 6) is 1.01. The van der Waals surface area contributed by atoms with Gasteiger partial charge >= 0.3 is 0 Å². The van der Waals surface area contributed by atoms with Crippen molar-refractivity contribution in [3.05, 3.63) is 12.3 Å². The fourth-order valence-corrected chi connectivity index (χ4v) is 1.89. The average molecular weight is 239 g/mol. The number of hydrogen-bond donors (Lipinski definition) is 2. The molecule has 96 valence electrons. The molecule has 0 aliphatic rings. The number of amides is 1. The number of aromatic nitrogens is 1. The van der Waals surface area contributed by atoms with E-state index in [9.17, 15) is 4.79 Å². The van der Waals surface area contributed by atoms with Crippen LogP contribution in [0.15, 0.2) is 16.9 Å². The smallest absolute Gasteiger partial charge is 0.225 e. The molecule has 0 aliphatic carbocycles. The Kier molecular flexibility index (Phi) is 6.32.